The van der Waals surface area contributed by atoms with E-state index in [9.17, 15) is 4.79 Å². The van der Waals surface area contributed by atoms with E-state index < -0.39 is 5.97 Å². The van der Waals surface area contributed by atoms with Crippen molar-refractivity contribution in [2.45, 2.75) is 0 Å². The summed E-state index contributed by atoms with van der Waals surface area (Å²) < 4.78 is 0. The molecule has 3 nitrogen and oxygen atoms in total. The molecule has 0 spiro atoms. The summed E-state index contributed by atoms with van der Waals surface area (Å²) in [5.74, 6) is -0.936. The second-order valence-corrected chi connectivity index (χ2v) is 0.960. The van der Waals surface area contributed by atoms with Crippen molar-refractivity contribution in [2.75, 3.05) is 7.05 Å². The Kier molecular flexibility index (Phi) is 2.76. The Morgan fingerprint density at radius 1 is 1.86 bits per heavy atom. The molecule has 0 bridgehead atoms. The number of carbonyl (C=O) groups is 1. The van der Waals surface area contributed by atoms with Crippen LogP contribution >= 0.6 is 0 Å². The fourth-order valence-electron chi connectivity index (χ4n) is 0.155. The lowest BCUT2D eigenvalue weighted by atomic mass is 10.6. The number of rotatable bonds is 2. The van der Waals surface area contributed by atoms with Gasteiger partial charge in [0.05, 0.1) is 0 Å². The summed E-state index contributed by atoms with van der Waals surface area (Å²) in [7, 11) is 1.64. The molecule has 0 saturated heterocycles. The monoisotopic (exact) mass is 101 g/mol. The highest BCUT2D eigenvalue weighted by molar-refractivity contribution is 5.79. The number of carboxylic acids is 1. The van der Waals surface area contributed by atoms with Crippen molar-refractivity contribution >= 4 is 5.97 Å². The summed E-state index contributed by atoms with van der Waals surface area (Å²) in [5.41, 5.74) is 0. The highest BCUT2D eigenvalue weighted by atomic mass is 16.4. The van der Waals surface area contributed by atoms with Crippen LogP contribution in [0, 0.1) is 0 Å². The molecule has 0 amide bonds. The standard InChI is InChI=1S/C4H7NO2/c1-5-3-2-4(6)7/h2-3,5H,1H3,(H,6,7). The predicted octanol–water partition coefficient (Wildman–Crippen LogP) is -0.196. The molecule has 0 fully saturated rings. The SMILES string of the molecule is CNC=CC(=O)O. The van der Waals surface area contributed by atoms with Crippen molar-refractivity contribution in [1.82, 2.24) is 5.32 Å². The van der Waals surface area contributed by atoms with Gasteiger partial charge in [0.25, 0.3) is 0 Å². The normalized spacial score (nSPS) is 9.29. The van der Waals surface area contributed by atoms with E-state index in [1.807, 2.05) is 0 Å². The van der Waals surface area contributed by atoms with Gasteiger partial charge >= 0.3 is 5.97 Å². The van der Waals surface area contributed by atoms with Gasteiger partial charge < -0.3 is 10.4 Å². The summed E-state index contributed by atoms with van der Waals surface area (Å²) in [5, 5.41) is 10.5. The first-order chi connectivity index (χ1) is 3.27. The van der Waals surface area contributed by atoms with E-state index in [0.29, 0.717) is 0 Å². The maximum Gasteiger partial charge on any atom is 0.329 e. The average Bonchev–Trinajstić information content (AvgIpc) is 1.61. The largest absolute Gasteiger partial charge is 0.478 e. The van der Waals surface area contributed by atoms with Gasteiger partial charge in [0.15, 0.2) is 0 Å². The van der Waals surface area contributed by atoms with Crippen LogP contribution in [0.15, 0.2) is 12.3 Å². The predicted molar refractivity (Wildman–Crippen MR) is 25.8 cm³/mol. The quantitative estimate of drug-likeness (QED) is 0.474. The molecule has 0 heterocycles. The van der Waals surface area contributed by atoms with E-state index in [4.69, 9.17) is 5.11 Å². The van der Waals surface area contributed by atoms with Crippen LogP contribution < -0.4 is 5.32 Å². The summed E-state index contributed by atoms with van der Waals surface area (Å²) in [4.78, 5) is 9.63. The van der Waals surface area contributed by atoms with Crippen molar-refractivity contribution in [3.8, 4) is 0 Å². The molecule has 0 aromatic carbocycles. The van der Waals surface area contributed by atoms with Crippen molar-refractivity contribution in [3.63, 3.8) is 0 Å². The van der Waals surface area contributed by atoms with Crippen molar-refractivity contribution in [3.05, 3.63) is 12.3 Å². The fourth-order valence-corrected chi connectivity index (χ4v) is 0.155. The summed E-state index contributed by atoms with van der Waals surface area (Å²) >= 11 is 0. The van der Waals surface area contributed by atoms with Crippen LogP contribution in [-0.2, 0) is 4.79 Å². The van der Waals surface area contributed by atoms with Gasteiger partial charge in [-0.05, 0) is 0 Å². The van der Waals surface area contributed by atoms with E-state index in [1.54, 1.807) is 7.05 Å². The Bertz CT molecular complexity index is 87.7. The molecular weight excluding hydrogens is 94.0 g/mol. The van der Waals surface area contributed by atoms with Gasteiger partial charge in [-0.1, -0.05) is 0 Å². The van der Waals surface area contributed by atoms with Gasteiger partial charge in [-0.25, -0.2) is 4.79 Å². The van der Waals surface area contributed by atoms with Gasteiger partial charge in [0.2, 0.25) is 0 Å². The lowest BCUT2D eigenvalue weighted by Crippen LogP contribution is -1.95. The van der Waals surface area contributed by atoms with Crippen LogP contribution in [0.1, 0.15) is 0 Å². The Morgan fingerprint density at radius 2 is 2.43 bits per heavy atom. The third-order valence-corrected chi connectivity index (χ3v) is 0.393. The van der Waals surface area contributed by atoms with Crippen LogP contribution in [0.4, 0.5) is 0 Å². The number of nitrogens with one attached hydrogen (secondary N) is 1. The van der Waals surface area contributed by atoms with Crippen LogP contribution in [0.2, 0.25) is 0 Å². The van der Waals surface area contributed by atoms with E-state index >= 15 is 0 Å². The lowest BCUT2D eigenvalue weighted by molar-refractivity contribution is -0.131. The molecular formula is C4H7NO2. The van der Waals surface area contributed by atoms with Gasteiger partial charge in [0.1, 0.15) is 0 Å². The van der Waals surface area contributed by atoms with E-state index in [-0.39, 0.29) is 0 Å². The van der Waals surface area contributed by atoms with Crippen LogP contribution in [-0.4, -0.2) is 18.1 Å². The Morgan fingerprint density at radius 3 is 2.57 bits per heavy atom. The molecule has 40 valence electrons. The number of carboxylic acid groups (broad SMARTS) is 1. The Labute approximate surface area is 41.7 Å². The molecule has 0 atom stereocenters. The minimum absolute atomic E-state index is 0.936. The van der Waals surface area contributed by atoms with Crippen LogP contribution in [0.25, 0.3) is 0 Å². The maximum absolute atomic E-state index is 9.63. The highest BCUT2D eigenvalue weighted by Gasteiger charge is 1.78. The smallest absolute Gasteiger partial charge is 0.329 e. The lowest BCUT2D eigenvalue weighted by Gasteiger charge is -1.78. The first-order valence-corrected chi connectivity index (χ1v) is 1.84. The zero-order valence-corrected chi connectivity index (χ0v) is 4.01. The molecule has 0 saturated carbocycles. The maximum atomic E-state index is 9.63. The zero-order chi connectivity index (χ0) is 5.70. The van der Waals surface area contributed by atoms with Crippen LogP contribution in [0.5, 0.6) is 0 Å². The van der Waals surface area contributed by atoms with Crippen molar-refractivity contribution in [1.29, 1.82) is 0 Å². The number of aliphatic carboxylic acids is 1. The number of hydrogen-bond acceptors (Lipinski definition) is 2. The van der Waals surface area contributed by atoms with E-state index in [1.165, 1.54) is 6.20 Å². The molecule has 7 heavy (non-hydrogen) atoms. The first-order valence-electron chi connectivity index (χ1n) is 1.84. The van der Waals surface area contributed by atoms with Gasteiger partial charge in [0, 0.05) is 19.3 Å². The molecule has 2 N–H and O–H groups in total. The third kappa shape index (κ3) is 5.01. The zero-order valence-electron chi connectivity index (χ0n) is 4.01. The Balaban J connectivity index is 3.26. The highest BCUT2D eigenvalue weighted by Crippen LogP contribution is 1.62. The number of hydrogen-bond donors (Lipinski definition) is 2. The molecule has 0 aliphatic heterocycles. The second-order valence-electron chi connectivity index (χ2n) is 0.960. The van der Waals surface area contributed by atoms with Gasteiger partial charge in [-0.15, -0.1) is 0 Å². The van der Waals surface area contributed by atoms with Crippen molar-refractivity contribution < 1.29 is 9.90 Å². The van der Waals surface area contributed by atoms with Crippen molar-refractivity contribution in [2.24, 2.45) is 0 Å². The van der Waals surface area contributed by atoms with Gasteiger partial charge in [-0.3, -0.25) is 0 Å². The minimum Gasteiger partial charge on any atom is -0.478 e. The Hall–Kier alpha value is -0.990. The topological polar surface area (TPSA) is 49.3 Å². The molecule has 0 aromatic heterocycles. The van der Waals surface area contributed by atoms with Gasteiger partial charge in [-0.2, -0.15) is 0 Å². The molecule has 0 rings (SSSR count). The fraction of sp³-hybridized carbons (Fsp3) is 0.250. The second kappa shape index (κ2) is 3.21. The average molecular weight is 101 g/mol. The minimum atomic E-state index is -0.936. The summed E-state index contributed by atoms with van der Waals surface area (Å²) in [6.07, 6.45) is 2.38. The molecule has 0 aliphatic rings. The molecule has 0 radical (unpaired) electrons. The third-order valence-electron chi connectivity index (χ3n) is 0.393. The molecule has 0 unspecified atom stereocenters. The summed E-state index contributed by atoms with van der Waals surface area (Å²) in [6, 6.07) is 0. The van der Waals surface area contributed by atoms with Crippen LogP contribution in [0.3, 0.4) is 0 Å². The molecule has 0 aliphatic carbocycles. The van der Waals surface area contributed by atoms with E-state index in [2.05, 4.69) is 5.32 Å². The molecule has 3 heteroatoms. The summed E-state index contributed by atoms with van der Waals surface area (Å²) in [6.45, 7) is 0. The van der Waals surface area contributed by atoms with E-state index in [0.717, 1.165) is 6.08 Å². The molecule has 0 aromatic rings. The first kappa shape index (κ1) is 6.01.